The summed E-state index contributed by atoms with van der Waals surface area (Å²) >= 11 is 7.41. The monoisotopic (exact) mass is 399 g/mol. The van der Waals surface area contributed by atoms with Gasteiger partial charge in [-0.15, -0.1) is 5.10 Å². The van der Waals surface area contributed by atoms with Crippen molar-refractivity contribution in [3.8, 4) is 0 Å². The Hall–Kier alpha value is -2.11. The molecule has 140 valence electrons. The van der Waals surface area contributed by atoms with Gasteiger partial charge in [-0.25, -0.2) is 0 Å². The Balaban J connectivity index is 1.77. The highest BCUT2D eigenvalue weighted by Gasteiger charge is 2.37. The lowest BCUT2D eigenvalue weighted by Gasteiger charge is -2.15. The van der Waals surface area contributed by atoms with Gasteiger partial charge in [-0.3, -0.25) is 9.69 Å². The molecule has 0 radical (unpaired) electrons. The molecule has 1 atom stereocenters. The van der Waals surface area contributed by atoms with Crippen LogP contribution in [0.15, 0.2) is 64.8 Å². The topological polar surface area (TPSA) is 45.0 Å². The summed E-state index contributed by atoms with van der Waals surface area (Å²) in [5.41, 5.74) is 1.99. The van der Waals surface area contributed by atoms with Crippen LogP contribution < -0.4 is 0 Å². The molecular formula is C21H22ClN3OS. The minimum absolute atomic E-state index is 0.0712. The third-order valence-corrected chi connectivity index (χ3v) is 5.73. The minimum atomic E-state index is -0.0712. The molecule has 0 bridgehead atoms. The van der Waals surface area contributed by atoms with Gasteiger partial charge in [-0.1, -0.05) is 85.6 Å². The molecule has 6 heteroatoms. The molecule has 27 heavy (non-hydrogen) atoms. The number of halogens is 1. The Morgan fingerprint density at radius 2 is 1.89 bits per heavy atom. The number of hydrogen-bond acceptors (Lipinski definition) is 4. The van der Waals surface area contributed by atoms with Crippen molar-refractivity contribution in [2.75, 3.05) is 0 Å². The van der Waals surface area contributed by atoms with Crippen molar-refractivity contribution in [1.29, 1.82) is 0 Å². The van der Waals surface area contributed by atoms with Crippen molar-refractivity contribution in [1.82, 2.24) is 4.90 Å². The summed E-state index contributed by atoms with van der Waals surface area (Å²) in [6.45, 7) is 2.65. The highest BCUT2D eigenvalue weighted by atomic mass is 35.5. The molecule has 3 rings (SSSR count). The van der Waals surface area contributed by atoms with E-state index in [-0.39, 0.29) is 11.2 Å². The SMILES string of the molecule is CCCC[C@H]1S/C(=N/N=C\c2ccc(Cl)cc2)N(Cc2ccccc2)C1=O. The maximum Gasteiger partial charge on any atom is 0.242 e. The molecule has 1 amide bonds. The lowest BCUT2D eigenvalue weighted by atomic mass is 10.1. The molecule has 1 aliphatic heterocycles. The van der Waals surface area contributed by atoms with E-state index < -0.39 is 0 Å². The summed E-state index contributed by atoms with van der Waals surface area (Å²) in [5, 5.41) is 9.82. The van der Waals surface area contributed by atoms with Gasteiger partial charge >= 0.3 is 0 Å². The minimum Gasteiger partial charge on any atom is -0.284 e. The van der Waals surface area contributed by atoms with Crippen molar-refractivity contribution < 1.29 is 4.79 Å². The van der Waals surface area contributed by atoms with E-state index in [1.807, 2.05) is 54.6 Å². The number of thioether (sulfide) groups is 1. The lowest BCUT2D eigenvalue weighted by molar-refractivity contribution is -0.126. The predicted octanol–water partition coefficient (Wildman–Crippen LogP) is 5.36. The third kappa shape index (κ3) is 5.44. The van der Waals surface area contributed by atoms with Crippen LogP contribution in [0.4, 0.5) is 0 Å². The van der Waals surface area contributed by atoms with Crippen LogP contribution in [0.1, 0.15) is 37.3 Å². The van der Waals surface area contributed by atoms with Crippen LogP contribution in [0.2, 0.25) is 5.02 Å². The number of carbonyl (C=O) groups is 1. The fraction of sp³-hybridized carbons (Fsp3) is 0.286. The Kier molecular flexibility index (Phi) is 7.07. The lowest BCUT2D eigenvalue weighted by Crippen LogP contribution is -2.31. The van der Waals surface area contributed by atoms with Crippen LogP contribution in [0.3, 0.4) is 0 Å². The molecule has 2 aromatic carbocycles. The van der Waals surface area contributed by atoms with Crippen molar-refractivity contribution in [2.24, 2.45) is 10.2 Å². The summed E-state index contributed by atoms with van der Waals surface area (Å²) < 4.78 is 0. The van der Waals surface area contributed by atoms with Crippen LogP contribution in [0.5, 0.6) is 0 Å². The molecule has 1 fully saturated rings. The van der Waals surface area contributed by atoms with E-state index in [1.54, 1.807) is 11.1 Å². The van der Waals surface area contributed by atoms with Gasteiger partial charge in [0.25, 0.3) is 0 Å². The van der Waals surface area contributed by atoms with Gasteiger partial charge in [0.15, 0.2) is 5.17 Å². The molecule has 1 saturated heterocycles. The van der Waals surface area contributed by atoms with Gasteiger partial charge in [-0.2, -0.15) is 5.10 Å². The van der Waals surface area contributed by atoms with Crippen LogP contribution in [-0.4, -0.2) is 27.4 Å². The fourth-order valence-corrected chi connectivity index (χ4v) is 4.03. The Bertz CT molecular complexity index is 821. The molecule has 0 saturated carbocycles. The van der Waals surface area contributed by atoms with E-state index in [1.165, 1.54) is 11.8 Å². The van der Waals surface area contributed by atoms with E-state index in [4.69, 9.17) is 11.6 Å². The average molecular weight is 400 g/mol. The van der Waals surface area contributed by atoms with Crippen molar-refractivity contribution in [3.05, 3.63) is 70.7 Å². The second-order valence-electron chi connectivity index (χ2n) is 6.34. The third-order valence-electron chi connectivity index (χ3n) is 4.24. The van der Waals surface area contributed by atoms with Crippen LogP contribution in [0, 0.1) is 0 Å². The van der Waals surface area contributed by atoms with E-state index in [9.17, 15) is 4.79 Å². The number of nitrogens with zero attached hydrogens (tertiary/aromatic N) is 3. The Morgan fingerprint density at radius 3 is 2.59 bits per heavy atom. The summed E-state index contributed by atoms with van der Waals surface area (Å²) in [5.74, 6) is 0.123. The highest BCUT2D eigenvalue weighted by Crippen LogP contribution is 2.32. The number of hydrogen-bond donors (Lipinski definition) is 0. The summed E-state index contributed by atoms with van der Waals surface area (Å²) in [4.78, 5) is 14.6. The molecule has 0 aliphatic carbocycles. The Labute approximate surface area is 169 Å². The maximum atomic E-state index is 12.9. The maximum absolute atomic E-state index is 12.9. The smallest absolute Gasteiger partial charge is 0.242 e. The first-order valence-corrected chi connectivity index (χ1v) is 10.3. The number of benzene rings is 2. The molecule has 1 aliphatic rings. The first-order chi connectivity index (χ1) is 13.2. The predicted molar refractivity (Wildman–Crippen MR) is 114 cm³/mol. The summed E-state index contributed by atoms with van der Waals surface area (Å²) in [6, 6.07) is 17.4. The molecule has 2 aromatic rings. The largest absolute Gasteiger partial charge is 0.284 e. The number of rotatable bonds is 7. The van der Waals surface area contributed by atoms with Crippen LogP contribution in [0.25, 0.3) is 0 Å². The second kappa shape index (κ2) is 9.72. The van der Waals surface area contributed by atoms with E-state index in [0.717, 1.165) is 30.4 Å². The zero-order valence-electron chi connectivity index (χ0n) is 15.2. The van der Waals surface area contributed by atoms with Crippen molar-refractivity contribution in [2.45, 2.75) is 38.0 Å². The van der Waals surface area contributed by atoms with Gasteiger partial charge in [0.05, 0.1) is 18.0 Å². The quantitative estimate of drug-likeness (QED) is 0.464. The normalized spacial score (nSPS) is 18.7. The molecule has 1 heterocycles. The van der Waals surface area contributed by atoms with Crippen LogP contribution >= 0.6 is 23.4 Å². The molecule has 0 N–H and O–H groups in total. The molecular weight excluding hydrogens is 378 g/mol. The van der Waals surface area contributed by atoms with Crippen molar-refractivity contribution >= 4 is 40.7 Å². The van der Waals surface area contributed by atoms with Gasteiger partial charge in [-0.05, 0) is 29.7 Å². The number of amides is 1. The van der Waals surface area contributed by atoms with Gasteiger partial charge < -0.3 is 0 Å². The van der Waals surface area contributed by atoms with E-state index in [2.05, 4.69) is 17.1 Å². The molecule has 0 spiro atoms. The Morgan fingerprint density at radius 1 is 1.15 bits per heavy atom. The van der Waals surface area contributed by atoms with Gasteiger partial charge in [0.2, 0.25) is 5.91 Å². The molecule has 0 aromatic heterocycles. The number of unbranched alkanes of at least 4 members (excludes halogenated alkanes) is 1. The first-order valence-electron chi connectivity index (χ1n) is 9.06. The van der Waals surface area contributed by atoms with E-state index in [0.29, 0.717) is 16.7 Å². The molecule has 4 nitrogen and oxygen atoms in total. The highest BCUT2D eigenvalue weighted by molar-refractivity contribution is 8.15. The zero-order chi connectivity index (χ0) is 19.1. The number of carbonyl (C=O) groups excluding carboxylic acids is 1. The standard InChI is InChI=1S/C21H22ClN3OS/c1-2-3-9-19-20(26)25(15-17-7-5-4-6-8-17)21(27-19)24-23-14-16-10-12-18(22)13-11-16/h4-8,10-14,19H,2-3,9,15H2,1H3/b23-14-,24-21+/t19-/m1/s1. The first kappa shape index (κ1) is 19.6. The molecule has 0 unspecified atom stereocenters. The second-order valence-corrected chi connectivity index (χ2v) is 7.94. The average Bonchev–Trinajstić information content (AvgIpc) is 2.98. The summed E-state index contributed by atoms with van der Waals surface area (Å²) in [7, 11) is 0. The van der Waals surface area contributed by atoms with Gasteiger partial charge in [0.1, 0.15) is 0 Å². The summed E-state index contributed by atoms with van der Waals surface area (Å²) in [6.07, 6.45) is 4.65. The van der Waals surface area contributed by atoms with E-state index >= 15 is 0 Å². The zero-order valence-corrected chi connectivity index (χ0v) is 16.8. The van der Waals surface area contributed by atoms with Crippen LogP contribution in [-0.2, 0) is 11.3 Å². The number of amidine groups is 1. The van der Waals surface area contributed by atoms with Gasteiger partial charge in [0, 0.05) is 5.02 Å². The fourth-order valence-electron chi connectivity index (χ4n) is 2.76. The van der Waals surface area contributed by atoms with Crippen molar-refractivity contribution in [3.63, 3.8) is 0 Å².